The summed E-state index contributed by atoms with van der Waals surface area (Å²) in [5.41, 5.74) is 1.89. The minimum Gasteiger partial charge on any atom is -0.368 e. The number of benzene rings is 1. The van der Waals surface area contributed by atoms with Gasteiger partial charge in [-0.2, -0.15) is 0 Å². The summed E-state index contributed by atoms with van der Waals surface area (Å²) in [6.07, 6.45) is 1.92. The second-order valence-corrected chi connectivity index (χ2v) is 6.68. The van der Waals surface area contributed by atoms with Crippen molar-refractivity contribution < 1.29 is 9.53 Å². The van der Waals surface area contributed by atoms with Crippen LogP contribution in [-0.2, 0) is 21.4 Å². The highest BCUT2D eigenvalue weighted by Crippen LogP contribution is 2.25. The molecule has 118 valence electrons. The molecule has 0 heterocycles. The van der Waals surface area contributed by atoms with Gasteiger partial charge in [0.15, 0.2) is 5.78 Å². The minimum absolute atomic E-state index is 0.143. The molecule has 0 aliphatic rings. The fraction of sp³-hybridized carbons (Fsp3) is 0.632. The first-order valence-corrected chi connectivity index (χ1v) is 8.05. The van der Waals surface area contributed by atoms with Gasteiger partial charge >= 0.3 is 0 Å². The standard InChI is InChI=1S/C19H30O2/c1-7-19(8-2,21-9-3)17(20)14-15-10-12-16(13-11-15)18(4,5)6/h10-13H,7-9,14H2,1-6H3. The van der Waals surface area contributed by atoms with Crippen LogP contribution in [0.15, 0.2) is 24.3 Å². The quantitative estimate of drug-likeness (QED) is 0.728. The van der Waals surface area contributed by atoms with Gasteiger partial charge in [0, 0.05) is 13.0 Å². The molecule has 0 saturated carbocycles. The van der Waals surface area contributed by atoms with Crippen molar-refractivity contribution in [2.24, 2.45) is 0 Å². The van der Waals surface area contributed by atoms with E-state index in [1.165, 1.54) is 5.56 Å². The predicted octanol–water partition coefficient (Wildman–Crippen LogP) is 4.69. The van der Waals surface area contributed by atoms with Gasteiger partial charge in [0.2, 0.25) is 0 Å². The van der Waals surface area contributed by atoms with E-state index in [1.54, 1.807) is 0 Å². The fourth-order valence-corrected chi connectivity index (χ4v) is 2.67. The van der Waals surface area contributed by atoms with Crippen molar-refractivity contribution in [1.29, 1.82) is 0 Å². The molecule has 2 nitrogen and oxygen atoms in total. The third-order valence-electron chi connectivity index (χ3n) is 4.26. The highest BCUT2D eigenvalue weighted by Gasteiger charge is 2.34. The first kappa shape index (κ1) is 17.9. The molecule has 21 heavy (non-hydrogen) atoms. The highest BCUT2D eigenvalue weighted by molar-refractivity contribution is 5.89. The predicted molar refractivity (Wildman–Crippen MR) is 88.8 cm³/mol. The van der Waals surface area contributed by atoms with Crippen LogP contribution in [0.2, 0.25) is 0 Å². The number of carbonyl (C=O) groups excluding carboxylic acids is 1. The molecule has 0 unspecified atom stereocenters. The Kier molecular flexibility index (Phi) is 6.15. The second kappa shape index (κ2) is 7.22. The van der Waals surface area contributed by atoms with Gasteiger partial charge < -0.3 is 4.74 Å². The van der Waals surface area contributed by atoms with Gasteiger partial charge in [0.1, 0.15) is 5.60 Å². The van der Waals surface area contributed by atoms with Crippen LogP contribution in [-0.4, -0.2) is 18.0 Å². The van der Waals surface area contributed by atoms with Crippen LogP contribution in [0, 0.1) is 0 Å². The van der Waals surface area contributed by atoms with Crippen molar-refractivity contribution in [3.8, 4) is 0 Å². The normalized spacial score (nSPS) is 12.5. The van der Waals surface area contributed by atoms with E-state index < -0.39 is 5.60 Å². The van der Waals surface area contributed by atoms with Gasteiger partial charge in [0.05, 0.1) is 0 Å². The van der Waals surface area contributed by atoms with E-state index >= 15 is 0 Å². The van der Waals surface area contributed by atoms with Crippen molar-refractivity contribution >= 4 is 5.78 Å². The molecule has 0 bridgehead atoms. The number of carbonyl (C=O) groups is 1. The van der Waals surface area contributed by atoms with Crippen LogP contribution >= 0.6 is 0 Å². The van der Waals surface area contributed by atoms with Gasteiger partial charge in [-0.05, 0) is 36.3 Å². The van der Waals surface area contributed by atoms with Gasteiger partial charge in [-0.25, -0.2) is 0 Å². The average molecular weight is 290 g/mol. The Morgan fingerprint density at radius 1 is 1.00 bits per heavy atom. The van der Waals surface area contributed by atoms with E-state index in [1.807, 2.05) is 20.8 Å². The molecule has 1 aromatic rings. The maximum absolute atomic E-state index is 12.6. The van der Waals surface area contributed by atoms with Gasteiger partial charge in [-0.15, -0.1) is 0 Å². The van der Waals surface area contributed by atoms with Crippen LogP contribution in [0.25, 0.3) is 0 Å². The van der Waals surface area contributed by atoms with Crippen molar-refractivity contribution in [2.45, 2.75) is 71.8 Å². The van der Waals surface area contributed by atoms with Crippen molar-refractivity contribution in [1.82, 2.24) is 0 Å². The Hall–Kier alpha value is -1.15. The molecule has 0 atom stereocenters. The van der Waals surface area contributed by atoms with E-state index in [0.717, 1.165) is 18.4 Å². The van der Waals surface area contributed by atoms with Crippen LogP contribution in [0.4, 0.5) is 0 Å². The number of ether oxygens (including phenoxy) is 1. The molecule has 0 amide bonds. The lowest BCUT2D eigenvalue weighted by Gasteiger charge is -2.30. The molecule has 0 fully saturated rings. The van der Waals surface area contributed by atoms with Gasteiger partial charge in [0.25, 0.3) is 0 Å². The minimum atomic E-state index is -0.614. The van der Waals surface area contributed by atoms with E-state index in [4.69, 9.17) is 4.74 Å². The van der Waals surface area contributed by atoms with Crippen LogP contribution in [0.1, 0.15) is 65.5 Å². The highest BCUT2D eigenvalue weighted by atomic mass is 16.5. The number of Topliss-reactive ketones (excluding diaryl/α,β-unsaturated/α-hetero) is 1. The van der Waals surface area contributed by atoms with Crippen molar-refractivity contribution in [3.05, 3.63) is 35.4 Å². The number of hydrogen-bond donors (Lipinski definition) is 0. The average Bonchev–Trinajstić information content (AvgIpc) is 2.44. The molecular formula is C19H30O2. The molecule has 0 aliphatic carbocycles. The van der Waals surface area contributed by atoms with Crippen LogP contribution in [0.5, 0.6) is 0 Å². The van der Waals surface area contributed by atoms with Crippen molar-refractivity contribution in [3.63, 3.8) is 0 Å². The SMILES string of the molecule is CCOC(CC)(CC)C(=O)Cc1ccc(C(C)(C)C)cc1. The Balaban J connectivity index is 2.87. The lowest BCUT2D eigenvalue weighted by Crippen LogP contribution is -2.41. The lowest BCUT2D eigenvalue weighted by molar-refractivity contribution is -0.144. The zero-order valence-electron chi connectivity index (χ0n) is 14.5. The van der Waals surface area contributed by atoms with Gasteiger partial charge in [-0.3, -0.25) is 4.79 Å². The monoisotopic (exact) mass is 290 g/mol. The summed E-state index contributed by atoms with van der Waals surface area (Å²) in [4.78, 5) is 12.6. The molecule has 2 heteroatoms. The summed E-state index contributed by atoms with van der Waals surface area (Å²) in [5.74, 6) is 0.192. The second-order valence-electron chi connectivity index (χ2n) is 6.68. The molecule has 0 N–H and O–H groups in total. The molecule has 0 aliphatic heterocycles. The molecular weight excluding hydrogens is 260 g/mol. The van der Waals surface area contributed by atoms with Gasteiger partial charge in [-0.1, -0.05) is 58.9 Å². The van der Waals surface area contributed by atoms with Crippen LogP contribution in [0.3, 0.4) is 0 Å². The van der Waals surface area contributed by atoms with E-state index in [9.17, 15) is 4.79 Å². The molecule has 0 spiro atoms. The lowest BCUT2D eigenvalue weighted by atomic mass is 9.85. The first-order valence-electron chi connectivity index (χ1n) is 8.05. The fourth-order valence-electron chi connectivity index (χ4n) is 2.67. The number of ketones is 1. The Morgan fingerprint density at radius 3 is 1.90 bits per heavy atom. The zero-order valence-corrected chi connectivity index (χ0v) is 14.5. The summed E-state index contributed by atoms with van der Waals surface area (Å²) in [6, 6.07) is 8.40. The summed E-state index contributed by atoms with van der Waals surface area (Å²) in [5, 5.41) is 0. The maximum atomic E-state index is 12.6. The molecule has 1 rings (SSSR count). The van der Waals surface area contributed by atoms with E-state index in [2.05, 4.69) is 45.0 Å². The summed E-state index contributed by atoms with van der Waals surface area (Å²) in [6.45, 7) is 13.2. The maximum Gasteiger partial charge on any atom is 0.168 e. The zero-order chi connectivity index (χ0) is 16.1. The molecule has 0 aromatic heterocycles. The van der Waals surface area contributed by atoms with E-state index in [0.29, 0.717) is 13.0 Å². The smallest absolute Gasteiger partial charge is 0.168 e. The number of rotatable bonds is 7. The molecule has 0 saturated heterocycles. The summed E-state index contributed by atoms with van der Waals surface area (Å²) < 4.78 is 5.79. The third-order valence-corrected chi connectivity index (χ3v) is 4.26. The van der Waals surface area contributed by atoms with Crippen LogP contribution < -0.4 is 0 Å². The van der Waals surface area contributed by atoms with Crippen molar-refractivity contribution in [2.75, 3.05) is 6.61 Å². The summed E-state index contributed by atoms with van der Waals surface area (Å²) >= 11 is 0. The first-order chi connectivity index (χ1) is 9.79. The Morgan fingerprint density at radius 2 is 1.52 bits per heavy atom. The Labute approximate surface area is 129 Å². The Bertz CT molecular complexity index is 447. The third kappa shape index (κ3) is 4.41. The number of hydrogen-bond acceptors (Lipinski definition) is 2. The van der Waals surface area contributed by atoms with E-state index in [-0.39, 0.29) is 11.2 Å². The topological polar surface area (TPSA) is 26.3 Å². The largest absolute Gasteiger partial charge is 0.368 e. The summed E-state index contributed by atoms with van der Waals surface area (Å²) in [7, 11) is 0. The molecule has 1 aromatic carbocycles. The molecule has 0 radical (unpaired) electrons.